The molecule has 1 aliphatic heterocycles. The van der Waals surface area contributed by atoms with E-state index in [0.717, 1.165) is 10.8 Å². The lowest BCUT2D eigenvalue weighted by molar-refractivity contribution is 0.0371. The normalized spacial score (nSPS) is 16.7. The fourth-order valence-electron chi connectivity index (χ4n) is 5.38. The molecule has 4 aromatic carbocycles. The van der Waals surface area contributed by atoms with Crippen molar-refractivity contribution in [2.45, 2.75) is 26.0 Å². The number of amides is 5. The van der Waals surface area contributed by atoms with Crippen LogP contribution in [0.1, 0.15) is 24.2 Å². The summed E-state index contributed by atoms with van der Waals surface area (Å²) in [5.41, 5.74) is 1.91. The van der Waals surface area contributed by atoms with Crippen molar-refractivity contribution in [3.63, 3.8) is 0 Å². The number of anilines is 3. The van der Waals surface area contributed by atoms with Crippen molar-refractivity contribution in [2.75, 3.05) is 49.8 Å². The smallest absolute Gasteiger partial charge is 0.323 e. The zero-order valence-corrected chi connectivity index (χ0v) is 26.3. The number of ether oxygens (including phenoxy) is 2. The third kappa shape index (κ3) is 7.32. The van der Waals surface area contributed by atoms with Gasteiger partial charge in [-0.15, -0.1) is 0 Å². The molecule has 0 fully saturated rings. The summed E-state index contributed by atoms with van der Waals surface area (Å²) < 4.78 is 11.6. The summed E-state index contributed by atoms with van der Waals surface area (Å²) in [6.07, 6.45) is -0.486. The fraction of sp³-hybridized carbons (Fsp3) is 0.286. The third-order valence-electron chi connectivity index (χ3n) is 8.10. The highest BCUT2D eigenvalue weighted by Gasteiger charge is 2.34. The molecule has 0 saturated heterocycles. The van der Waals surface area contributed by atoms with Crippen molar-refractivity contribution in [2.24, 2.45) is 5.92 Å². The number of benzene rings is 4. The average Bonchev–Trinajstić information content (AvgIpc) is 3.06. The summed E-state index contributed by atoms with van der Waals surface area (Å²) >= 11 is 0. The van der Waals surface area contributed by atoms with Gasteiger partial charge in [-0.3, -0.25) is 4.79 Å². The molecule has 0 unspecified atom stereocenters. The predicted molar refractivity (Wildman–Crippen MR) is 179 cm³/mol. The standard InChI is InChI=1S/C35H39N5O6/c1-22-19-40(23(2)21-41)33(42)29-18-26(36-34(43)38-30-11-7-9-24-8-5-6-10-28(24)30)14-17-31(29)46-32(22)20-39(3)35(44)37-25-12-15-27(45-4)16-13-25/h5-18,22-23,32,41H,19-21H2,1-4H3,(H,37,44)(H2,36,38,43)/t22-,23+,32+/m0/s1. The topological polar surface area (TPSA) is 132 Å². The van der Waals surface area contributed by atoms with Crippen molar-refractivity contribution < 1.29 is 29.0 Å². The lowest BCUT2D eigenvalue weighted by Crippen LogP contribution is -2.50. The molecule has 11 nitrogen and oxygen atoms in total. The Morgan fingerprint density at radius 1 is 1.00 bits per heavy atom. The molecule has 0 radical (unpaired) electrons. The second kappa shape index (κ2) is 14.2. The predicted octanol–water partition coefficient (Wildman–Crippen LogP) is 5.88. The molecule has 0 spiro atoms. The summed E-state index contributed by atoms with van der Waals surface area (Å²) in [6.45, 7) is 4.01. The molecular weight excluding hydrogens is 586 g/mol. The van der Waals surface area contributed by atoms with Crippen LogP contribution in [-0.4, -0.2) is 78.9 Å². The number of carbonyl (C=O) groups is 3. The van der Waals surface area contributed by atoms with Gasteiger partial charge in [0.15, 0.2) is 0 Å². The van der Waals surface area contributed by atoms with Crippen LogP contribution in [-0.2, 0) is 0 Å². The Balaban J connectivity index is 1.35. The van der Waals surface area contributed by atoms with Gasteiger partial charge in [0.1, 0.15) is 17.6 Å². The van der Waals surface area contributed by atoms with Crippen LogP contribution >= 0.6 is 0 Å². The number of methoxy groups -OCH3 is 1. The number of nitrogens with zero attached hydrogens (tertiary/aromatic N) is 2. The molecule has 0 aliphatic carbocycles. The highest BCUT2D eigenvalue weighted by molar-refractivity contribution is 6.07. The lowest BCUT2D eigenvalue weighted by Gasteiger charge is -2.38. The minimum atomic E-state index is -0.486. The summed E-state index contributed by atoms with van der Waals surface area (Å²) in [4.78, 5) is 43.0. The second-order valence-electron chi connectivity index (χ2n) is 11.5. The SMILES string of the molecule is COc1ccc(NC(=O)N(C)C[C@H]2Oc3ccc(NC(=O)Nc4cccc5ccccc45)cc3C(=O)N([C@H](C)CO)C[C@@H]2C)cc1. The molecule has 3 atom stereocenters. The number of hydrogen-bond acceptors (Lipinski definition) is 6. The highest BCUT2D eigenvalue weighted by atomic mass is 16.5. The minimum Gasteiger partial charge on any atom is -0.497 e. The average molecular weight is 626 g/mol. The van der Waals surface area contributed by atoms with E-state index in [0.29, 0.717) is 28.6 Å². The van der Waals surface area contributed by atoms with Crippen LogP contribution in [0.4, 0.5) is 26.7 Å². The summed E-state index contributed by atoms with van der Waals surface area (Å²) in [6, 6.07) is 24.1. The van der Waals surface area contributed by atoms with E-state index in [4.69, 9.17) is 9.47 Å². The molecule has 1 aliphatic rings. The van der Waals surface area contributed by atoms with Crippen LogP contribution in [0.15, 0.2) is 84.9 Å². The number of hydrogen-bond donors (Lipinski definition) is 4. The molecule has 240 valence electrons. The van der Waals surface area contributed by atoms with Gasteiger partial charge in [0.05, 0.1) is 37.6 Å². The van der Waals surface area contributed by atoms with Gasteiger partial charge in [0.2, 0.25) is 0 Å². The monoisotopic (exact) mass is 625 g/mol. The number of nitrogens with one attached hydrogen (secondary N) is 3. The van der Waals surface area contributed by atoms with Gasteiger partial charge in [-0.1, -0.05) is 43.3 Å². The van der Waals surface area contributed by atoms with Crippen molar-refractivity contribution >= 4 is 45.8 Å². The molecule has 0 saturated carbocycles. The first kappa shape index (κ1) is 32.1. The molecule has 0 bridgehead atoms. The number of aliphatic hydroxyl groups is 1. The second-order valence-corrected chi connectivity index (χ2v) is 11.5. The number of likely N-dealkylation sites (N-methyl/N-ethyl adjacent to an activating group) is 1. The molecular formula is C35H39N5O6. The minimum absolute atomic E-state index is 0.188. The molecule has 5 rings (SSSR count). The van der Waals surface area contributed by atoms with Crippen molar-refractivity contribution in [3.8, 4) is 11.5 Å². The van der Waals surface area contributed by atoms with Gasteiger partial charge in [0, 0.05) is 36.3 Å². The molecule has 4 N–H and O–H groups in total. The number of fused-ring (bicyclic) bond motifs is 2. The number of carbonyl (C=O) groups excluding carboxylic acids is 3. The molecule has 0 aromatic heterocycles. The van der Waals surface area contributed by atoms with Crippen LogP contribution < -0.4 is 25.4 Å². The Morgan fingerprint density at radius 3 is 2.46 bits per heavy atom. The molecule has 46 heavy (non-hydrogen) atoms. The van der Waals surface area contributed by atoms with Gasteiger partial charge in [-0.2, -0.15) is 0 Å². The van der Waals surface area contributed by atoms with E-state index in [1.54, 1.807) is 68.4 Å². The first-order chi connectivity index (χ1) is 22.2. The Bertz CT molecular complexity index is 1710. The highest BCUT2D eigenvalue weighted by Crippen LogP contribution is 2.31. The van der Waals surface area contributed by atoms with Gasteiger partial charge in [-0.05, 0) is 60.8 Å². The molecule has 1 heterocycles. The van der Waals surface area contributed by atoms with Crippen LogP contribution in [0.5, 0.6) is 11.5 Å². The zero-order valence-electron chi connectivity index (χ0n) is 26.3. The zero-order chi connectivity index (χ0) is 32.8. The van der Waals surface area contributed by atoms with E-state index in [9.17, 15) is 19.5 Å². The Hall–Kier alpha value is -5.29. The Labute approximate surface area is 268 Å². The van der Waals surface area contributed by atoms with Crippen LogP contribution in [0.25, 0.3) is 10.8 Å². The van der Waals surface area contributed by atoms with Crippen LogP contribution in [0, 0.1) is 5.92 Å². The number of aliphatic hydroxyl groups excluding tert-OH is 1. The summed E-state index contributed by atoms with van der Waals surface area (Å²) in [7, 11) is 3.25. The van der Waals surface area contributed by atoms with Crippen LogP contribution in [0.3, 0.4) is 0 Å². The van der Waals surface area contributed by atoms with E-state index >= 15 is 0 Å². The first-order valence-electron chi connectivity index (χ1n) is 15.1. The van der Waals surface area contributed by atoms with Gasteiger partial charge in [-0.25, -0.2) is 9.59 Å². The maximum absolute atomic E-state index is 13.8. The number of urea groups is 2. The van der Waals surface area contributed by atoms with E-state index in [2.05, 4.69) is 16.0 Å². The molecule has 4 aromatic rings. The lowest BCUT2D eigenvalue weighted by atomic mass is 9.99. The van der Waals surface area contributed by atoms with Crippen molar-refractivity contribution in [1.29, 1.82) is 0 Å². The quantitative estimate of drug-likeness (QED) is 0.194. The van der Waals surface area contributed by atoms with Crippen LogP contribution in [0.2, 0.25) is 0 Å². The first-order valence-corrected chi connectivity index (χ1v) is 15.1. The van der Waals surface area contributed by atoms with E-state index < -0.39 is 18.2 Å². The van der Waals surface area contributed by atoms with Crippen molar-refractivity contribution in [1.82, 2.24) is 9.80 Å². The third-order valence-corrected chi connectivity index (χ3v) is 8.10. The maximum atomic E-state index is 13.8. The van der Waals surface area contributed by atoms with Gasteiger partial charge >= 0.3 is 12.1 Å². The molecule has 11 heteroatoms. The van der Waals surface area contributed by atoms with Crippen molar-refractivity contribution in [3.05, 3.63) is 90.5 Å². The Kier molecular flexibility index (Phi) is 9.92. The molecule has 5 amide bonds. The van der Waals surface area contributed by atoms with E-state index in [1.165, 1.54) is 4.90 Å². The number of rotatable bonds is 8. The Morgan fingerprint density at radius 2 is 1.72 bits per heavy atom. The fourth-order valence-corrected chi connectivity index (χ4v) is 5.38. The van der Waals surface area contributed by atoms with Gasteiger partial charge < -0.3 is 40.3 Å². The maximum Gasteiger partial charge on any atom is 0.323 e. The van der Waals surface area contributed by atoms with E-state index in [1.807, 2.05) is 49.4 Å². The van der Waals surface area contributed by atoms with E-state index in [-0.39, 0.29) is 43.1 Å². The van der Waals surface area contributed by atoms with Gasteiger partial charge in [0.25, 0.3) is 5.91 Å². The summed E-state index contributed by atoms with van der Waals surface area (Å²) in [5.74, 6) is 0.486. The largest absolute Gasteiger partial charge is 0.497 e. The summed E-state index contributed by atoms with van der Waals surface area (Å²) in [5, 5.41) is 20.5.